The lowest BCUT2D eigenvalue weighted by Crippen LogP contribution is -2.60. The van der Waals surface area contributed by atoms with Gasteiger partial charge in [0.1, 0.15) is 91.1 Å². The third-order valence-electron chi connectivity index (χ3n) is 9.46. The number of aliphatic hydroxyl groups excluding tert-OH is 6. The summed E-state index contributed by atoms with van der Waals surface area (Å²) in [5, 5.41) is 104. The molecular weight excluding hydrogens is 816 g/mol. The van der Waals surface area contributed by atoms with Gasteiger partial charge in [-0.3, -0.25) is 9.59 Å². The number of aliphatic carboxylic acids is 1. The van der Waals surface area contributed by atoms with E-state index in [4.69, 9.17) is 42.7 Å². The first-order valence-electron chi connectivity index (χ1n) is 18.3. The molecule has 21 nitrogen and oxygen atoms in total. The van der Waals surface area contributed by atoms with Crippen LogP contribution >= 0.6 is 0 Å². The number of fused-ring (bicyclic) bond motifs is 1. The summed E-state index contributed by atoms with van der Waals surface area (Å²) in [5.74, 6) is -4.71. The summed E-state index contributed by atoms with van der Waals surface area (Å²) in [5.41, 5.74) is 0.639. The highest BCUT2D eigenvalue weighted by atomic mass is 16.7. The van der Waals surface area contributed by atoms with Crippen molar-refractivity contribution in [3.63, 3.8) is 0 Å². The molecule has 21 heteroatoms. The zero-order valence-corrected chi connectivity index (χ0v) is 31.8. The van der Waals surface area contributed by atoms with E-state index in [1.807, 2.05) is 0 Å². The molecule has 3 heterocycles. The highest BCUT2D eigenvalue weighted by molar-refractivity contribution is 5.90. The molecule has 1 aromatic heterocycles. The van der Waals surface area contributed by atoms with Gasteiger partial charge in [-0.15, -0.1) is 0 Å². The Hall–Kier alpha value is -6.30. The van der Waals surface area contributed by atoms with Crippen LogP contribution < -0.4 is 14.2 Å². The average Bonchev–Trinajstić information content (AvgIpc) is 3.22. The fourth-order valence-corrected chi connectivity index (χ4v) is 6.25. The number of benzene rings is 3. The second-order valence-corrected chi connectivity index (χ2v) is 13.8. The first-order valence-corrected chi connectivity index (χ1v) is 18.3. The van der Waals surface area contributed by atoms with E-state index in [2.05, 4.69) is 0 Å². The molecule has 61 heavy (non-hydrogen) atoms. The van der Waals surface area contributed by atoms with Crippen molar-refractivity contribution in [2.45, 2.75) is 67.8 Å². The van der Waals surface area contributed by atoms with Crippen LogP contribution in [0.2, 0.25) is 0 Å². The highest BCUT2D eigenvalue weighted by Crippen LogP contribution is 2.42. The second kappa shape index (κ2) is 19.0. The number of aromatic hydroxyl groups is 3. The van der Waals surface area contributed by atoms with Gasteiger partial charge in [-0.25, -0.2) is 9.21 Å². The predicted molar refractivity (Wildman–Crippen MR) is 202 cm³/mol. The van der Waals surface area contributed by atoms with Gasteiger partial charge in [0, 0.05) is 18.2 Å². The summed E-state index contributed by atoms with van der Waals surface area (Å²) >= 11 is 0. The van der Waals surface area contributed by atoms with E-state index in [1.165, 1.54) is 67.8 Å². The standard InChI is InChI=1S/C40H40O21/c1-54-25-10-17(2-8-22(25)43)3-9-30(46)55-15-27-32(48)35(51)37(53)40(61-27)59-26-13-21-23(57-38(26)18-4-6-19(41)7-5-18)11-20(42)12-24(21)58-39-36(52)34(50)33(49)28(60-39)16-56-31(47)14-29(44)45/h2-13,27-28,32-37,39-40,48-53H,14-16H2,1H3,(H3-,41,42,43,44,45,46)/p+1/t27?,28?,32-,33+,34-,35?,36?,37?,39+,40+/m0/s1. The van der Waals surface area contributed by atoms with Gasteiger partial charge in [-0.1, -0.05) is 6.07 Å². The minimum Gasteiger partial charge on any atom is -0.508 e. The largest absolute Gasteiger partial charge is 0.508 e. The third kappa shape index (κ3) is 10.4. The number of hydrogen-bond acceptors (Lipinski definition) is 19. The lowest BCUT2D eigenvalue weighted by Gasteiger charge is -2.40. The molecule has 0 spiro atoms. The van der Waals surface area contributed by atoms with Crippen LogP contribution in [-0.4, -0.2) is 151 Å². The maximum Gasteiger partial charge on any atom is 0.402 e. The lowest BCUT2D eigenvalue weighted by molar-refractivity contribution is -0.278. The van der Waals surface area contributed by atoms with Crippen molar-refractivity contribution in [1.82, 2.24) is 0 Å². The highest BCUT2D eigenvalue weighted by Gasteiger charge is 2.48. The van der Waals surface area contributed by atoms with Crippen LogP contribution in [0.1, 0.15) is 12.0 Å². The van der Waals surface area contributed by atoms with Crippen molar-refractivity contribution >= 4 is 35.0 Å². The summed E-state index contributed by atoms with van der Waals surface area (Å²) in [6, 6.07) is 13.3. The number of carboxylic acids is 1. The van der Waals surface area contributed by atoms with E-state index in [9.17, 15) is 60.3 Å². The Kier molecular flexibility index (Phi) is 13.8. The average molecular weight is 858 g/mol. The van der Waals surface area contributed by atoms with Crippen LogP contribution in [-0.2, 0) is 33.3 Å². The molecule has 6 rings (SSSR count). The molecule has 2 saturated heterocycles. The molecule has 2 aliphatic heterocycles. The zero-order chi connectivity index (χ0) is 44.1. The minimum atomic E-state index is -1.95. The number of carbonyl (C=O) groups excluding carboxylic acids is 2. The number of hydrogen-bond donors (Lipinski definition) is 10. The topological polar surface area (TPSA) is 329 Å². The quantitative estimate of drug-likeness (QED) is 0.0349. The molecule has 0 bridgehead atoms. The molecule has 5 unspecified atom stereocenters. The Bertz CT molecular complexity index is 2240. The Labute approximate surface area is 343 Å². The summed E-state index contributed by atoms with van der Waals surface area (Å²) in [4.78, 5) is 35.3. The van der Waals surface area contributed by atoms with Crippen LogP contribution in [0.4, 0.5) is 0 Å². The molecule has 326 valence electrons. The smallest absolute Gasteiger partial charge is 0.402 e. The van der Waals surface area contributed by atoms with E-state index < -0.39 is 105 Å². The van der Waals surface area contributed by atoms with Crippen LogP contribution in [0.5, 0.6) is 34.5 Å². The zero-order valence-electron chi connectivity index (χ0n) is 31.8. The van der Waals surface area contributed by atoms with Gasteiger partial charge in [0.05, 0.1) is 18.7 Å². The number of ether oxygens (including phenoxy) is 7. The van der Waals surface area contributed by atoms with Gasteiger partial charge >= 0.3 is 29.3 Å². The van der Waals surface area contributed by atoms with Gasteiger partial charge in [0.25, 0.3) is 0 Å². The van der Waals surface area contributed by atoms with Gasteiger partial charge in [0.15, 0.2) is 11.5 Å². The monoisotopic (exact) mass is 857 g/mol. The van der Waals surface area contributed by atoms with E-state index >= 15 is 0 Å². The maximum absolute atomic E-state index is 12.6. The van der Waals surface area contributed by atoms with Crippen molar-refractivity contribution in [3.05, 3.63) is 72.3 Å². The van der Waals surface area contributed by atoms with Crippen LogP contribution in [0.3, 0.4) is 0 Å². The molecule has 3 aromatic carbocycles. The number of esters is 2. The predicted octanol–water partition coefficient (Wildman–Crippen LogP) is 0.154. The summed E-state index contributed by atoms with van der Waals surface area (Å²) < 4.78 is 44.6. The number of phenolic OH excluding ortho intramolecular Hbond substituents is 3. The van der Waals surface area contributed by atoms with Gasteiger partial charge in [-0.2, -0.15) is 0 Å². The molecular formula is C40H41O21+. The molecule has 0 saturated carbocycles. The summed E-state index contributed by atoms with van der Waals surface area (Å²) in [6.45, 7) is -1.39. The van der Waals surface area contributed by atoms with E-state index in [0.29, 0.717) is 5.56 Å². The normalized spacial score (nSPS) is 26.4. The Morgan fingerprint density at radius 2 is 1.30 bits per heavy atom. The number of aliphatic hydroxyl groups is 6. The molecule has 2 aliphatic rings. The van der Waals surface area contributed by atoms with Crippen molar-refractivity contribution in [3.8, 4) is 45.8 Å². The Morgan fingerprint density at radius 3 is 1.90 bits per heavy atom. The number of phenols is 3. The molecule has 0 radical (unpaired) electrons. The summed E-state index contributed by atoms with van der Waals surface area (Å²) in [7, 11) is 1.35. The Morgan fingerprint density at radius 1 is 0.689 bits per heavy atom. The van der Waals surface area contributed by atoms with Crippen molar-refractivity contribution < 1.29 is 103 Å². The van der Waals surface area contributed by atoms with E-state index in [1.54, 1.807) is 0 Å². The van der Waals surface area contributed by atoms with Gasteiger partial charge in [-0.05, 0) is 48.0 Å². The molecule has 10 N–H and O–H groups in total. The fraction of sp³-hybridized carbons (Fsp3) is 0.350. The maximum atomic E-state index is 12.6. The van der Waals surface area contributed by atoms with E-state index in [-0.39, 0.29) is 51.0 Å². The van der Waals surface area contributed by atoms with Crippen LogP contribution in [0.15, 0.2) is 71.2 Å². The molecule has 10 atom stereocenters. The molecule has 0 amide bonds. The summed E-state index contributed by atoms with van der Waals surface area (Å²) in [6.07, 6.45) is -16.5. The molecule has 4 aromatic rings. The van der Waals surface area contributed by atoms with Gasteiger partial charge in [0.2, 0.25) is 18.3 Å². The van der Waals surface area contributed by atoms with E-state index in [0.717, 1.165) is 12.1 Å². The van der Waals surface area contributed by atoms with Crippen molar-refractivity contribution in [2.24, 2.45) is 0 Å². The van der Waals surface area contributed by atoms with Crippen LogP contribution in [0.25, 0.3) is 28.4 Å². The Balaban J connectivity index is 1.27. The fourth-order valence-electron chi connectivity index (χ4n) is 6.25. The van der Waals surface area contributed by atoms with Crippen LogP contribution in [0, 0.1) is 0 Å². The first kappa shape index (κ1) is 44.3. The van der Waals surface area contributed by atoms with Crippen molar-refractivity contribution in [2.75, 3.05) is 20.3 Å². The number of carbonyl (C=O) groups is 3. The molecule has 0 aliphatic carbocycles. The van der Waals surface area contributed by atoms with Crippen molar-refractivity contribution in [1.29, 1.82) is 0 Å². The van der Waals surface area contributed by atoms with Gasteiger partial charge < -0.3 is 84.2 Å². The number of carboxylic acid groups (broad SMARTS) is 1. The molecule has 2 fully saturated rings. The number of rotatable bonds is 14. The second-order valence-electron chi connectivity index (χ2n) is 13.8. The lowest BCUT2D eigenvalue weighted by atomic mass is 9.99. The first-order chi connectivity index (χ1) is 29.0. The SMILES string of the molecule is COc1cc(/C=C/C(=O)OCC2O[C@@H](Oc3cc4c(O[C@@H]5OC(COC(=O)CC(=O)O)[C@@H](O)[C@H](O)C5O)cc(O)cc4[o+]c3-c3ccc(O)cc3)C(O)C(O)[C@H]2O)ccc1O. The third-order valence-corrected chi connectivity index (χ3v) is 9.46. The minimum absolute atomic E-state index is 0.0226. The number of methoxy groups -OCH3 is 1.